The highest BCUT2D eigenvalue weighted by molar-refractivity contribution is 6.18. The summed E-state index contributed by atoms with van der Waals surface area (Å²) in [6.07, 6.45) is 3.98. The molecule has 196 valence electrons. The summed E-state index contributed by atoms with van der Waals surface area (Å²) in [6.45, 7) is 0. The molecule has 1 saturated heterocycles. The van der Waals surface area contributed by atoms with Gasteiger partial charge >= 0.3 is 0 Å². The molecule has 3 aliphatic heterocycles. The Labute approximate surface area is 231 Å². The lowest BCUT2D eigenvalue weighted by molar-refractivity contribution is -0.121. The number of hydrogen-bond acceptors (Lipinski definition) is 5. The number of amides is 1. The summed E-state index contributed by atoms with van der Waals surface area (Å²) in [5.74, 6) is -1.25. The smallest absolute Gasteiger partial charge is 0.238 e. The highest BCUT2D eigenvalue weighted by Gasteiger charge is 2.70. The van der Waals surface area contributed by atoms with Gasteiger partial charge in [0, 0.05) is 22.5 Å². The molecule has 0 bridgehead atoms. The van der Waals surface area contributed by atoms with Crippen molar-refractivity contribution in [3.8, 4) is 5.75 Å². The van der Waals surface area contributed by atoms with Gasteiger partial charge in [-0.05, 0) is 35.4 Å². The minimum atomic E-state index is -1.34. The molecule has 1 amide bonds. The van der Waals surface area contributed by atoms with Crippen molar-refractivity contribution in [2.24, 2.45) is 5.92 Å². The third-order valence-corrected chi connectivity index (χ3v) is 8.51. The molecule has 0 radical (unpaired) electrons. The van der Waals surface area contributed by atoms with Crippen LogP contribution in [-0.2, 0) is 10.2 Å². The normalized spacial score (nSPS) is 23.8. The number of carbonyl (C=O) groups is 3. The number of benzene rings is 4. The van der Waals surface area contributed by atoms with E-state index in [2.05, 4.69) is 5.32 Å². The molecule has 1 fully saturated rings. The first-order valence-electron chi connectivity index (χ1n) is 13.3. The number of anilines is 2. The van der Waals surface area contributed by atoms with Crippen LogP contribution in [0.1, 0.15) is 31.8 Å². The number of nitrogens with one attached hydrogen (secondary N) is 1. The highest BCUT2D eigenvalue weighted by atomic mass is 16.5. The summed E-state index contributed by atoms with van der Waals surface area (Å²) >= 11 is 0. The quantitative estimate of drug-likeness (QED) is 0.345. The van der Waals surface area contributed by atoms with Gasteiger partial charge in [0.25, 0.3) is 0 Å². The monoisotopic (exact) mass is 526 g/mol. The van der Waals surface area contributed by atoms with Gasteiger partial charge in [0.15, 0.2) is 11.6 Å². The van der Waals surface area contributed by atoms with Crippen LogP contribution in [0.3, 0.4) is 0 Å². The number of ether oxygens (including phenoxy) is 1. The molecular weight excluding hydrogens is 500 g/mol. The van der Waals surface area contributed by atoms with Crippen molar-refractivity contribution in [2.75, 3.05) is 17.3 Å². The van der Waals surface area contributed by atoms with Crippen LogP contribution in [0.2, 0.25) is 0 Å². The average Bonchev–Trinajstić information content (AvgIpc) is 3.49. The minimum Gasteiger partial charge on any atom is -0.497 e. The summed E-state index contributed by atoms with van der Waals surface area (Å²) in [4.78, 5) is 45.7. The van der Waals surface area contributed by atoms with Crippen molar-refractivity contribution < 1.29 is 19.1 Å². The van der Waals surface area contributed by atoms with Crippen molar-refractivity contribution in [3.05, 3.63) is 131 Å². The molecule has 1 N–H and O–H groups in total. The van der Waals surface area contributed by atoms with Gasteiger partial charge in [0.1, 0.15) is 17.2 Å². The Kier molecular flexibility index (Phi) is 5.46. The van der Waals surface area contributed by atoms with E-state index in [1.807, 2.05) is 83.8 Å². The molecule has 6 nitrogen and oxygen atoms in total. The number of hydrogen-bond donors (Lipinski definition) is 1. The Bertz CT molecular complexity index is 1710. The number of para-hydroxylation sites is 2. The van der Waals surface area contributed by atoms with E-state index in [-0.39, 0.29) is 17.5 Å². The van der Waals surface area contributed by atoms with E-state index < -0.39 is 23.4 Å². The highest BCUT2D eigenvalue weighted by Crippen LogP contribution is 2.58. The second-order valence-electron chi connectivity index (χ2n) is 10.4. The second kappa shape index (κ2) is 9.06. The van der Waals surface area contributed by atoms with Crippen LogP contribution in [0.4, 0.5) is 11.4 Å². The molecule has 3 aliphatic rings. The van der Waals surface area contributed by atoms with Gasteiger partial charge in [0.05, 0.1) is 19.1 Å². The van der Waals surface area contributed by atoms with E-state index >= 15 is 0 Å². The Morgan fingerprint density at radius 3 is 2.38 bits per heavy atom. The van der Waals surface area contributed by atoms with Crippen LogP contribution in [0.15, 0.2) is 109 Å². The first-order valence-corrected chi connectivity index (χ1v) is 13.3. The van der Waals surface area contributed by atoms with Crippen LogP contribution in [0.25, 0.3) is 6.08 Å². The van der Waals surface area contributed by atoms with Crippen LogP contribution >= 0.6 is 0 Å². The lowest BCUT2D eigenvalue weighted by Gasteiger charge is -2.37. The Morgan fingerprint density at radius 2 is 1.55 bits per heavy atom. The number of ketones is 2. The van der Waals surface area contributed by atoms with Gasteiger partial charge in [-0.15, -0.1) is 0 Å². The number of methoxy groups -OCH3 is 1. The first kappa shape index (κ1) is 24.1. The second-order valence-corrected chi connectivity index (χ2v) is 10.4. The molecule has 4 aromatic carbocycles. The maximum Gasteiger partial charge on any atom is 0.238 e. The maximum absolute atomic E-state index is 14.8. The van der Waals surface area contributed by atoms with Gasteiger partial charge in [-0.3, -0.25) is 14.4 Å². The summed E-state index contributed by atoms with van der Waals surface area (Å²) in [6, 6.07) is 29.8. The zero-order chi connectivity index (χ0) is 27.4. The van der Waals surface area contributed by atoms with E-state index in [1.54, 1.807) is 43.5 Å². The zero-order valence-electron chi connectivity index (χ0n) is 21.8. The fourth-order valence-electron chi connectivity index (χ4n) is 6.85. The predicted molar refractivity (Wildman–Crippen MR) is 154 cm³/mol. The van der Waals surface area contributed by atoms with Crippen LogP contribution < -0.4 is 15.0 Å². The van der Waals surface area contributed by atoms with Crippen molar-refractivity contribution in [2.45, 2.75) is 17.5 Å². The minimum absolute atomic E-state index is 0.203. The van der Waals surface area contributed by atoms with Gasteiger partial charge in [-0.1, -0.05) is 91.0 Å². The Balaban J connectivity index is 1.54. The van der Waals surface area contributed by atoms with E-state index in [1.165, 1.54) is 0 Å². The summed E-state index contributed by atoms with van der Waals surface area (Å²) < 4.78 is 5.43. The maximum atomic E-state index is 14.8. The summed E-state index contributed by atoms with van der Waals surface area (Å²) in [5.41, 5.74) is 2.69. The lowest BCUT2D eigenvalue weighted by Crippen LogP contribution is -2.51. The Morgan fingerprint density at radius 1 is 0.825 bits per heavy atom. The van der Waals surface area contributed by atoms with Gasteiger partial charge in [0.2, 0.25) is 5.91 Å². The number of Topliss-reactive ketones (excluding diaryl/α,β-unsaturated/α-hetero) is 2. The molecular formula is C34H26N2O4. The molecule has 0 unspecified atom stereocenters. The summed E-state index contributed by atoms with van der Waals surface area (Å²) in [7, 11) is 1.55. The topological polar surface area (TPSA) is 75.7 Å². The van der Waals surface area contributed by atoms with Crippen molar-refractivity contribution >= 4 is 34.9 Å². The third kappa shape index (κ3) is 3.26. The standard InChI is InChI=1S/C34H26N2O4/c1-40-24-14-9-13-23(20-24)31(37)29-30(32(38)22-11-3-2-4-12-22)36-27-17-8-5-10-21(27)18-19-28(36)34(29)25-15-6-7-16-26(25)35-33(34)39/h2-20,28-30H,1H3,(H,35,39)/t28-,29-,30+,34+/m1/s1. The molecule has 0 aliphatic carbocycles. The number of nitrogens with zero attached hydrogens (tertiary/aromatic N) is 1. The van der Waals surface area contributed by atoms with Crippen molar-refractivity contribution in [1.82, 2.24) is 0 Å². The lowest BCUT2D eigenvalue weighted by atomic mass is 9.64. The van der Waals surface area contributed by atoms with Gasteiger partial charge in [-0.25, -0.2) is 0 Å². The molecule has 40 heavy (non-hydrogen) atoms. The van der Waals surface area contributed by atoms with Gasteiger partial charge in [-0.2, -0.15) is 0 Å². The summed E-state index contributed by atoms with van der Waals surface area (Å²) in [5, 5.41) is 3.06. The fraction of sp³-hybridized carbons (Fsp3) is 0.147. The first-order chi connectivity index (χ1) is 19.6. The van der Waals surface area contributed by atoms with Crippen LogP contribution in [0.5, 0.6) is 5.75 Å². The van der Waals surface area contributed by atoms with Crippen molar-refractivity contribution in [1.29, 1.82) is 0 Å². The molecule has 3 heterocycles. The van der Waals surface area contributed by atoms with Crippen LogP contribution in [-0.4, -0.2) is 36.7 Å². The Hall–Kier alpha value is -4.97. The number of rotatable bonds is 5. The molecule has 0 aromatic heterocycles. The third-order valence-electron chi connectivity index (χ3n) is 8.51. The van der Waals surface area contributed by atoms with E-state index in [4.69, 9.17) is 4.74 Å². The zero-order valence-corrected chi connectivity index (χ0v) is 21.8. The van der Waals surface area contributed by atoms with E-state index in [0.717, 1.165) is 16.8 Å². The predicted octanol–water partition coefficient (Wildman–Crippen LogP) is 5.55. The van der Waals surface area contributed by atoms with E-state index in [9.17, 15) is 14.4 Å². The SMILES string of the molecule is COc1cccc(C(=O)[C@H]2[C@@H](C(=O)c3ccccc3)N3c4ccccc4C=C[C@@H]3[C@]23C(=O)Nc2ccccc23)c1. The molecule has 0 saturated carbocycles. The molecule has 7 rings (SSSR count). The number of fused-ring (bicyclic) bond motifs is 6. The largest absolute Gasteiger partial charge is 0.497 e. The average molecular weight is 527 g/mol. The van der Waals surface area contributed by atoms with Gasteiger partial charge < -0.3 is 15.0 Å². The fourth-order valence-corrected chi connectivity index (χ4v) is 6.85. The molecule has 4 aromatic rings. The molecule has 1 spiro atoms. The molecule has 6 heteroatoms. The number of carbonyl (C=O) groups excluding carboxylic acids is 3. The van der Waals surface area contributed by atoms with E-state index in [0.29, 0.717) is 22.6 Å². The van der Waals surface area contributed by atoms with Crippen molar-refractivity contribution in [3.63, 3.8) is 0 Å². The van der Waals surface area contributed by atoms with Crippen LogP contribution in [0, 0.1) is 5.92 Å². The molecule has 4 atom stereocenters.